The molecule has 0 saturated carbocycles. The van der Waals surface area contributed by atoms with Crippen LogP contribution in [0.3, 0.4) is 0 Å². The first-order valence-corrected chi connectivity index (χ1v) is 3.65. The molecule has 1 rings (SSSR count). The molecule has 1 aliphatic heterocycles. The van der Waals surface area contributed by atoms with Gasteiger partial charge in [-0.2, -0.15) is 0 Å². The van der Waals surface area contributed by atoms with E-state index in [1.54, 1.807) is 0 Å². The van der Waals surface area contributed by atoms with Gasteiger partial charge in [0, 0.05) is 6.54 Å². The largest absolute Gasteiger partial charge is 0.388 e. The van der Waals surface area contributed by atoms with Crippen molar-refractivity contribution in [2.24, 2.45) is 5.73 Å². The molecule has 0 spiro atoms. The maximum absolute atomic E-state index is 9.20. The summed E-state index contributed by atoms with van der Waals surface area (Å²) in [4.78, 5) is 0. The lowest BCUT2D eigenvalue weighted by Crippen LogP contribution is -2.59. The third-order valence-electron chi connectivity index (χ3n) is 1.92. The van der Waals surface area contributed by atoms with E-state index in [9.17, 15) is 5.11 Å². The summed E-state index contributed by atoms with van der Waals surface area (Å²) in [5.41, 5.74) is 5.17. The molecule has 1 saturated heterocycles. The van der Waals surface area contributed by atoms with Gasteiger partial charge in [-0.3, -0.25) is 0 Å². The van der Waals surface area contributed by atoms with E-state index in [2.05, 4.69) is 0 Å². The summed E-state index contributed by atoms with van der Waals surface area (Å²) in [6.45, 7) is -0.0258. The van der Waals surface area contributed by atoms with Gasteiger partial charge < -0.3 is 30.9 Å². The second kappa shape index (κ2) is 3.65. The fourth-order valence-electron chi connectivity index (χ4n) is 1.13. The first-order chi connectivity index (χ1) is 5.57. The topological polar surface area (TPSA) is 116 Å². The highest BCUT2D eigenvalue weighted by Crippen LogP contribution is 2.18. The van der Waals surface area contributed by atoms with Crippen molar-refractivity contribution in [1.29, 1.82) is 0 Å². The Morgan fingerprint density at radius 3 is 2.08 bits per heavy atom. The number of hydrogen-bond donors (Lipinski definition) is 5. The van der Waals surface area contributed by atoms with Crippen LogP contribution in [0.2, 0.25) is 0 Å². The van der Waals surface area contributed by atoms with Crippen molar-refractivity contribution < 1.29 is 25.2 Å². The van der Waals surface area contributed by atoms with E-state index < -0.39 is 30.7 Å². The van der Waals surface area contributed by atoms with Crippen molar-refractivity contribution in [2.75, 3.05) is 6.54 Å². The maximum Gasteiger partial charge on any atom is 0.184 e. The Hall–Kier alpha value is -0.240. The molecule has 72 valence electrons. The number of rotatable bonds is 1. The summed E-state index contributed by atoms with van der Waals surface area (Å²) in [5, 5.41) is 36.3. The van der Waals surface area contributed by atoms with Crippen LogP contribution in [0, 0.1) is 0 Å². The van der Waals surface area contributed by atoms with Crippen LogP contribution in [0.5, 0.6) is 0 Å². The standard InChI is InChI=1S/C6H13NO5/c7-1-2-3(8)4(9)5(10)6(11)12-2/h2-6,8-11H,1,7H2/t2?,3-,4?,5-,6?/m0/s1. The van der Waals surface area contributed by atoms with Gasteiger partial charge in [-0.1, -0.05) is 0 Å². The van der Waals surface area contributed by atoms with E-state index in [1.807, 2.05) is 0 Å². The average molecular weight is 179 g/mol. The molecule has 1 heterocycles. The van der Waals surface area contributed by atoms with Crippen molar-refractivity contribution in [3.05, 3.63) is 0 Å². The minimum atomic E-state index is -1.49. The van der Waals surface area contributed by atoms with Crippen molar-refractivity contribution in [2.45, 2.75) is 30.7 Å². The molecule has 5 atom stereocenters. The molecular formula is C6H13NO5. The van der Waals surface area contributed by atoms with E-state index in [-0.39, 0.29) is 6.54 Å². The lowest BCUT2D eigenvalue weighted by Gasteiger charge is -2.37. The normalized spacial score (nSPS) is 49.2. The Kier molecular flexibility index (Phi) is 2.99. The average Bonchev–Trinajstić information content (AvgIpc) is 2.08. The molecule has 12 heavy (non-hydrogen) atoms. The Balaban J connectivity index is 2.63. The summed E-state index contributed by atoms with van der Waals surface area (Å²) in [5.74, 6) is 0. The zero-order valence-electron chi connectivity index (χ0n) is 6.37. The van der Waals surface area contributed by atoms with Crippen LogP contribution in [0.15, 0.2) is 0 Å². The summed E-state index contributed by atoms with van der Waals surface area (Å²) >= 11 is 0. The second-order valence-electron chi connectivity index (χ2n) is 2.77. The van der Waals surface area contributed by atoms with Crippen molar-refractivity contribution >= 4 is 0 Å². The van der Waals surface area contributed by atoms with Gasteiger partial charge in [-0.25, -0.2) is 0 Å². The highest BCUT2D eigenvalue weighted by atomic mass is 16.6. The molecule has 0 aromatic carbocycles. The number of aliphatic hydroxyl groups excluding tert-OH is 4. The molecule has 1 aliphatic rings. The Bertz CT molecular complexity index is 150. The molecule has 6 nitrogen and oxygen atoms in total. The van der Waals surface area contributed by atoms with Gasteiger partial charge >= 0.3 is 0 Å². The van der Waals surface area contributed by atoms with Crippen LogP contribution < -0.4 is 5.73 Å². The lowest BCUT2D eigenvalue weighted by atomic mass is 9.99. The van der Waals surface area contributed by atoms with Crippen LogP contribution in [-0.2, 0) is 4.74 Å². The first kappa shape index (κ1) is 9.85. The van der Waals surface area contributed by atoms with E-state index in [4.69, 9.17) is 25.8 Å². The highest BCUT2D eigenvalue weighted by Gasteiger charge is 2.42. The van der Waals surface area contributed by atoms with Gasteiger partial charge in [0.15, 0.2) is 6.29 Å². The third kappa shape index (κ3) is 1.58. The molecule has 0 aromatic heterocycles. The number of ether oxygens (including phenoxy) is 1. The minimum Gasteiger partial charge on any atom is -0.388 e. The Morgan fingerprint density at radius 1 is 1.00 bits per heavy atom. The van der Waals surface area contributed by atoms with Crippen LogP contribution >= 0.6 is 0 Å². The lowest BCUT2D eigenvalue weighted by molar-refractivity contribution is -0.279. The summed E-state index contributed by atoms with van der Waals surface area (Å²) < 4.78 is 4.70. The fraction of sp³-hybridized carbons (Fsp3) is 1.00. The Morgan fingerprint density at radius 2 is 1.58 bits per heavy atom. The van der Waals surface area contributed by atoms with Gasteiger partial charge in [-0.05, 0) is 0 Å². The van der Waals surface area contributed by atoms with E-state index >= 15 is 0 Å². The minimum absolute atomic E-state index is 0.0258. The molecule has 0 amide bonds. The first-order valence-electron chi connectivity index (χ1n) is 3.65. The predicted molar refractivity (Wildman–Crippen MR) is 38.0 cm³/mol. The molecule has 0 radical (unpaired) electrons. The zero-order chi connectivity index (χ0) is 9.30. The third-order valence-corrected chi connectivity index (χ3v) is 1.92. The number of nitrogens with two attached hydrogens (primary N) is 1. The molecule has 6 N–H and O–H groups in total. The summed E-state index contributed by atoms with van der Waals surface area (Å²) in [7, 11) is 0. The van der Waals surface area contributed by atoms with Gasteiger partial charge in [0.25, 0.3) is 0 Å². The Labute approximate surface area is 69.2 Å². The fourth-order valence-corrected chi connectivity index (χ4v) is 1.13. The highest BCUT2D eigenvalue weighted by molar-refractivity contribution is 4.88. The second-order valence-corrected chi connectivity index (χ2v) is 2.77. The number of aliphatic hydroxyl groups is 4. The SMILES string of the molecule is NCC1OC(O)[C@@H](O)C(O)[C@H]1O. The summed E-state index contributed by atoms with van der Waals surface area (Å²) in [6.07, 6.45) is -6.48. The molecule has 0 aliphatic carbocycles. The van der Waals surface area contributed by atoms with Crippen molar-refractivity contribution in [3.63, 3.8) is 0 Å². The van der Waals surface area contributed by atoms with Crippen LogP contribution in [0.1, 0.15) is 0 Å². The number of hydrogen-bond acceptors (Lipinski definition) is 6. The molecule has 0 bridgehead atoms. The predicted octanol–water partition coefficient (Wildman–Crippen LogP) is -3.25. The van der Waals surface area contributed by atoms with Gasteiger partial charge in [0.05, 0.1) is 0 Å². The van der Waals surface area contributed by atoms with Crippen LogP contribution in [-0.4, -0.2) is 57.7 Å². The molecule has 6 heteroatoms. The van der Waals surface area contributed by atoms with Gasteiger partial charge in [0.1, 0.15) is 24.4 Å². The quantitative estimate of drug-likeness (QED) is 0.288. The van der Waals surface area contributed by atoms with E-state index in [0.717, 1.165) is 0 Å². The smallest absolute Gasteiger partial charge is 0.184 e. The molecular weight excluding hydrogens is 166 g/mol. The van der Waals surface area contributed by atoms with Crippen molar-refractivity contribution in [1.82, 2.24) is 0 Å². The van der Waals surface area contributed by atoms with Gasteiger partial charge in [0.2, 0.25) is 0 Å². The van der Waals surface area contributed by atoms with Crippen LogP contribution in [0.4, 0.5) is 0 Å². The molecule has 0 aromatic rings. The van der Waals surface area contributed by atoms with Crippen molar-refractivity contribution in [3.8, 4) is 0 Å². The maximum atomic E-state index is 9.20. The van der Waals surface area contributed by atoms with E-state index in [1.165, 1.54) is 0 Å². The monoisotopic (exact) mass is 179 g/mol. The van der Waals surface area contributed by atoms with Gasteiger partial charge in [-0.15, -0.1) is 0 Å². The zero-order valence-corrected chi connectivity index (χ0v) is 6.37. The van der Waals surface area contributed by atoms with E-state index in [0.29, 0.717) is 0 Å². The molecule has 1 fully saturated rings. The van der Waals surface area contributed by atoms with Crippen LogP contribution in [0.25, 0.3) is 0 Å². The summed E-state index contributed by atoms with van der Waals surface area (Å²) in [6, 6.07) is 0. The molecule has 3 unspecified atom stereocenters.